The molecule has 0 saturated carbocycles. The predicted octanol–water partition coefficient (Wildman–Crippen LogP) is 0.529. The Balaban J connectivity index is 2.20. The number of benzene rings is 1. The topological polar surface area (TPSA) is 103 Å². The van der Waals surface area contributed by atoms with Crippen molar-refractivity contribution in [1.29, 1.82) is 0 Å². The maximum absolute atomic E-state index is 12.6. The zero-order valence-corrected chi connectivity index (χ0v) is 15.4. The maximum Gasteiger partial charge on any atom is 0.341 e. The van der Waals surface area contributed by atoms with Gasteiger partial charge >= 0.3 is 5.97 Å². The van der Waals surface area contributed by atoms with E-state index in [-0.39, 0.29) is 22.8 Å². The van der Waals surface area contributed by atoms with Gasteiger partial charge in [0, 0.05) is 19.7 Å². The molecule has 1 atom stereocenters. The number of methoxy groups -OCH3 is 3. The molecule has 0 aromatic heterocycles. The van der Waals surface area contributed by atoms with Gasteiger partial charge in [0.25, 0.3) is 0 Å². The molecule has 1 aliphatic rings. The van der Waals surface area contributed by atoms with Crippen molar-refractivity contribution in [2.45, 2.75) is 23.3 Å². The first-order valence-corrected chi connectivity index (χ1v) is 9.36. The van der Waals surface area contributed by atoms with E-state index in [1.807, 2.05) is 0 Å². The number of carbonyl (C=O) groups is 1. The minimum absolute atomic E-state index is 0.0163. The SMILES string of the molecule is COCC1(CNS(=O)(=O)c2ccc(C(=O)OC)c(OC)c2)CCCN1. The summed E-state index contributed by atoms with van der Waals surface area (Å²) in [5.41, 5.74) is -0.241. The summed E-state index contributed by atoms with van der Waals surface area (Å²) in [6.07, 6.45) is 1.79. The average molecular weight is 372 g/mol. The van der Waals surface area contributed by atoms with Crippen LogP contribution in [-0.2, 0) is 19.5 Å². The predicted molar refractivity (Wildman–Crippen MR) is 91.4 cm³/mol. The van der Waals surface area contributed by atoms with Crippen molar-refractivity contribution in [2.75, 3.05) is 41.0 Å². The van der Waals surface area contributed by atoms with Gasteiger partial charge < -0.3 is 19.5 Å². The summed E-state index contributed by atoms with van der Waals surface area (Å²) in [6.45, 7) is 1.46. The summed E-state index contributed by atoms with van der Waals surface area (Å²) in [7, 11) is 0.437. The third-order valence-corrected chi connectivity index (χ3v) is 5.64. The van der Waals surface area contributed by atoms with Crippen LogP contribution in [0.15, 0.2) is 23.1 Å². The molecule has 1 aliphatic heterocycles. The van der Waals surface area contributed by atoms with Crippen LogP contribution in [-0.4, -0.2) is 61.0 Å². The number of nitrogens with one attached hydrogen (secondary N) is 2. The normalized spacial score (nSPS) is 20.4. The Kier molecular flexibility index (Phi) is 6.39. The van der Waals surface area contributed by atoms with E-state index in [0.29, 0.717) is 6.61 Å². The Morgan fingerprint density at radius 3 is 2.64 bits per heavy atom. The molecule has 1 aromatic rings. The molecule has 140 valence electrons. The summed E-state index contributed by atoms with van der Waals surface area (Å²) in [4.78, 5) is 11.7. The van der Waals surface area contributed by atoms with Crippen LogP contribution in [0.2, 0.25) is 0 Å². The van der Waals surface area contributed by atoms with Gasteiger partial charge in [-0.15, -0.1) is 0 Å². The fourth-order valence-corrected chi connectivity index (χ4v) is 4.05. The summed E-state index contributed by atoms with van der Waals surface area (Å²) in [5, 5.41) is 3.31. The third-order valence-electron chi connectivity index (χ3n) is 4.24. The van der Waals surface area contributed by atoms with Gasteiger partial charge in [-0.2, -0.15) is 0 Å². The van der Waals surface area contributed by atoms with E-state index >= 15 is 0 Å². The number of hydrogen-bond acceptors (Lipinski definition) is 7. The fourth-order valence-electron chi connectivity index (χ4n) is 2.90. The minimum Gasteiger partial charge on any atom is -0.496 e. The molecule has 1 unspecified atom stereocenters. The van der Waals surface area contributed by atoms with Crippen LogP contribution >= 0.6 is 0 Å². The third kappa shape index (κ3) is 4.49. The quantitative estimate of drug-likeness (QED) is 0.642. The summed E-state index contributed by atoms with van der Waals surface area (Å²) in [5.74, 6) is -0.455. The van der Waals surface area contributed by atoms with Crippen LogP contribution in [0.5, 0.6) is 5.75 Å². The molecule has 1 fully saturated rings. The summed E-state index contributed by atoms with van der Waals surface area (Å²) >= 11 is 0. The Morgan fingerprint density at radius 2 is 2.08 bits per heavy atom. The van der Waals surface area contributed by atoms with Crippen molar-refractivity contribution < 1.29 is 27.4 Å². The van der Waals surface area contributed by atoms with Gasteiger partial charge in [0.15, 0.2) is 0 Å². The van der Waals surface area contributed by atoms with E-state index in [4.69, 9.17) is 9.47 Å². The first-order chi connectivity index (χ1) is 11.9. The highest BCUT2D eigenvalue weighted by molar-refractivity contribution is 7.89. The van der Waals surface area contributed by atoms with Gasteiger partial charge in [0.1, 0.15) is 11.3 Å². The van der Waals surface area contributed by atoms with Gasteiger partial charge in [-0.1, -0.05) is 0 Å². The maximum atomic E-state index is 12.6. The molecule has 0 aliphatic carbocycles. The van der Waals surface area contributed by atoms with E-state index in [1.165, 1.54) is 32.4 Å². The van der Waals surface area contributed by atoms with Crippen molar-refractivity contribution in [2.24, 2.45) is 0 Å². The monoisotopic (exact) mass is 372 g/mol. The number of esters is 1. The van der Waals surface area contributed by atoms with Crippen LogP contribution in [0.1, 0.15) is 23.2 Å². The van der Waals surface area contributed by atoms with Crippen molar-refractivity contribution >= 4 is 16.0 Å². The molecule has 2 N–H and O–H groups in total. The van der Waals surface area contributed by atoms with Crippen LogP contribution in [0, 0.1) is 0 Å². The van der Waals surface area contributed by atoms with Crippen LogP contribution < -0.4 is 14.8 Å². The van der Waals surface area contributed by atoms with Crippen molar-refractivity contribution in [1.82, 2.24) is 10.0 Å². The minimum atomic E-state index is -3.76. The molecule has 0 amide bonds. The van der Waals surface area contributed by atoms with E-state index < -0.39 is 21.5 Å². The number of carbonyl (C=O) groups excluding carboxylic acids is 1. The highest BCUT2D eigenvalue weighted by atomic mass is 32.2. The smallest absolute Gasteiger partial charge is 0.341 e. The molecular formula is C16H24N2O6S. The van der Waals surface area contributed by atoms with Crippen LogP contribution in [0.25, 0.3) is 0 Å². The van der Waals surface area contributed by atoms with Crippen molar-refractivity contribution in [3.63, 3.8) is 0 Å². The Labute approximate surface area is 147 Å². The molecule has 1 saturated heterocycles. The van der Waals surface area contributed by atoms with Crippen molar-refractivity contribution in [3.05, 3.63) is 23.8 Å². The number of rotatable bonds is 8. The molecule has 1 aromatic carbocycles. The Bertz CT molecular complexity index is 713. The summed E-state index contributed by atoms with van der Waals surface area (Å²) < 4.78 is 42.8. The standard InChI is InChI=1S/C16H24N2O6S/c1-22-11-16(7-4-8-17-16)10-18-25(20,21)12-5-6-13(15(19)24-3)14(9-12)23-2/h5-6,9,17-18H,4,7-8,10-11H2,1-3H3. The average Bonchev–Trinajstić information content (AvgIpc) is 3.08. The molecule has 0 spiro atoms. The van der Waals surface area contributed by atoms with Gasteiger partial charge in [-0.05, 0) is 31.5 Å². The molecule has 9 heteroatoms. The molecule has 0 radical (unpaired) electrons. The molecular weight excluding hydrogens is 348 g/mol. The first kappa shape index (κ1) is 19.6. The van der Waals surface area contributed by atoms with Gasteiger partial charge in [-0.25, -0.2) is 17.9 Å². The molecule has 25 heavy (non-hydrogen) atoms. The molecule has 0 bridgehead atoms. The Hall–Kier alpha value is -1.68. The van der Waals surface area contributed by atoms with Crippen LogP contribution in [0.4, 0.5) is 0 Å². The fraction of sp³-hybridized carbons (Fsp3) is 0.562. The van der Waals surface area contributed by atoms with Crippen molar-refractivity contribution in [3.8, 4) is 5.75 Å². The van der Waals surface area contributed by atoms with E-state index in [2.05, 4.69) is 14.8 Å². The van der Waals surface area contributed by atoms with E-state index in [0.717, 1.165) is 19.4 Å². The largest absolute Gasteiger partial charge is 0.496 e. The van der Waals surface area contributed by atoms with Gasteiger partial charge in [0.2, 0.25) is 10.0 Å². The highest BCUT2D eigenvalue weighted by Gasteiger charge is 2.35. The lowest BCUT2D eigenvalue weighted by atomic mass is 9.99. The van der Waals surface area contributed by atoms with Crippen LogP contribution in [0.3, 0.4) is 0 Å². The lowest BCUT2D eigenvalue weighted by molar-refractivity contribution is 0.0597. The molecule has 2 rings (SSSR count). The molecule has 8 nitrogen and oxygen atoms in total. The second-order valence-electron chi connectivity index (χ2n) is 5.92. The van der Waals surface area contributed by atoms with Gasteiger partial charge in [0.05, 0.1) is 31.3 Å². The zero-order valence-electron chi connectivity index (χ0n) is 14.6. The highest BCUT2D eigenvalue weighted by Crippen LogP contribution is 2.24. The summed E-state index contributed by atoms with van der Waals surface area (Å²) in [6, 6.07) is 4.03. The lowest BCUT2D eigenvalue weighted by Crippen LogP contribution is -2.52. The second-order valence-corrected chi connectivity index (χ2v) is 7.69. The van der Waals surface area contributed by atoms with E-state index in [1.54, 1.807) is 7.11 Å². The van der Waals surface area contributed by atoms with Gasteiger partial charge in [-0.3, -0.25) is 0 Å². The molecule has 1 heterocycles. The number of hydrogen-bond donors (Lipinski definition) is 2. The first-order valence-electron chi connectivity index (χ1n) is 7.87. The Morgan fingerprint density at radius 1 is 1.32 bits per heavy atom. The zero-order chi connectivity index (χ0) is 18.5. The second kappa shape index (κ2) is 8.13. The van der Waals surface area contributed by atoms with E-state index in [9.17, 15) is 13.2 Å². The lowest BCUT2D eigenvalue weighted by Gasteiger charge is -2.28. The number of ether oxygens (including phenoxy) is 3. The number of sulfonamides is 1.